The fourth-order valence-electron chi connectivity index (χ4n) is 1.37. The van der Waals surface area contributed by atoms with E-state index < -0.39 is 0 Å². The summed E-state index contributed by atoms with van der Waals surface area (Å²) < 4.78 is 2.03. The van der Waals surface area contributed by atoms with Gasteiger partial charge >= 0.3 is 0 Å². The van der Waals surface area contributed by atoms with Crippen LogP contribution in [0.5, 0.6) is 0 Å². The van der Waals surface area contributed by atoms with E-state index in [2.05, 4.69) is 51.6 Å². The molecule has 14 heavy (non-hydrogen) atoms. The van der Waals surface area contributed by atoms with E-state index in [4.69, 9.17) is 0 Å². The number of hydrogen-bond donors (Lipinski definition) is 0. The number of aromatic nitrogens is 3. The molecule has 80 valence electrons. The smallest absolute Gasteiger partial charge is 0.147 e. The largest absolute Gasteiger partial charge is 0.244 e. The van der Waals surface area contributed by atoms with Crippen molar-refractivity contribution in [1.29, 1.82) is 0 Å². The van der Waals surface area contributed by atoms with E-state index >= 15 is 0 Å². The Morgan fingerprint density at radius 1 is 1.00 bits per heavy atom. The first kappa shape index (κ1) is 11.2. The number of aryl methyl sites for hydroxylation is 1. The molecule has 0 aliphatic carbocycles. The second kappa shape index (κ2) is 3.07. The molecule has 0 spiro atoms. The molecule has 0 N–H and O–H groups in total. The van der Waals surface area contributed by atoms with Crippen molar-refractivity contribution in [3.63, 3.8) is 0 Å². The zero-order valence-corrected chi connectivity index (χ0v) is 10.3. The van der Waals surface area contributed by atoms with Gasteiger partial charge < -0.3 is 0 Å². The molecule has 0 unspecified atom stereocenters. The van der Waals surface area contributed by atoms with Crippen LogP contribution in [-0.4, -0.2) is 14.8 Å². The Balaban J connectivity index is 3.31. The van der Waals surface area contributed by atoms with Gasteiger partial charge in [0.2, 0.25) is 0 Å². The Hall–Kier alpha value is -0.860. The lowest BCUT2D eigenvalue weighted by Gasteiger charge is -2.26. The average Bonchev–Trinajstić information content (AvgIpc) is 2.27. The van der Waals surface area contributed by atoms with Gasteiger partial charge in [-0.15, -0.1) is 0 Å². The standard InChI is InChI=1S/C11H21N3/c1-8-12-9(10(2,3)4)14(13-8)11(5,6)7/h1-7H3. The van der Waals surface area contributed by atoms with Crippen LogP contribution in [0.25, 0.3) is 0 Å². The van der Waals surface area contributed by atoms with Crippen molar-refractivity contribution in [2.45, 2.75) is 59.4 Å². The van der Waals surface area contributed by atoms with Gasteiger partial charge in [0.25, 0.3) is 0 Å². The highest BCUT2D eigenvalue weighted by atomic mass is 15.4. The third-order valence-corrected chi connectivity index (χ3v) is 2.02. The molecule has 0 saturated heterocycles. The SMILES string of the molecule is Cc1nc(C(C)(C)C)n(C(C)(C)C)n1. The molecular formula is C11H21N3. The summed E-state index contributed by atoms with van der Waals surface area (Å²) >= 11 is 0. The summed E-state index contributed by atoms with van der Waals surface area (Å²) in [5.41, 5.74) is 0.0540. The van der Waals surface area contributed by atoms with E-state index in [1.54, 1.807) is 0 Å². The summed E-state index contributed by atoms with van der Waals surface area (Å²) in [4.78, 5) is 4.50. The second-order valence-electron chi connectivity index (χ2n) is 5.82. The molecule has 1 aromatic rings. The van der Waals surface area contributed by atoms with Crippen LogP contribution in [0.1, 0.15) is 53.2 Å². The van der Waals surface area contributed by atoms with Gasteiger partial charge in [0.05, 0.1) is 5.54 Å². The molecule has 3 heteroatoms. The monoisotopic (exact) mass is 195 g/mol. The van der Waals surface area contributed by atoms with Crippen molar-refractivity contribution in [2.75, 3.05) is 0 Å². The van der Waals surface area contributed by atoms with Crippen molar-refractivity contribution < 1.29 is 0 Å². The summed E-state index contributed by atoms with van der Waals surface area (Å²) in [5, 5.41) is 4.45. The van der Waals surface area contributed by atoms with E-state index in [9.17, 15) is 0 Å². The van der Waals surface area contributed by atoms with Crippen LogP contribution in [0, 0.1) is 6.92 Å². The Morgan fingerprint density at radius 2 is 1.50 bits per heavy atom. The van der Waals surface area contributed by atoms with E-state index in [-0.39, 0.29) is 11.0 Å². The van der Waals surface area contributed by atoms with Crippen molar-refractivity contribution in [3.8, 4) is 0 Å². The highest BCUT2D eigenvalue weighted by molar-refractivity contribution is 5.06. The minimum absolute atomic E-state index is 0.00384. The van der Waals surface area contributed by atoms with Gasteiger partial charge in [-0.25, -0.2) is 9.67 Å². The highest BCUT2D eigenvalue weighted by Gasteiger charge is 2.27. The molecule has 0 aliphatic rings. The summed E-state index contributed by atoms with van der Waals surface area (Å²) in [6.07, 6.45) is 0. The van der Waals surface area contributed by atoms with Crippen molar-refractivity contribution in [2.24, 2.45) is 0 Å². The molecule has 0 radical (unpaired) electrons. The summed E-state index contributed by atoms with van der Waals surface area (Å²) in [6.45, 7) is 14.9. The minimum atomic E-state index is 0.00384. The number of hydrogen-bond acceptors (Lipinski definition) is 2. The van der Waals surface area contributed by atoms with Gasteiger partial charge in [0, 0.05) is 5.41 Å². The maximum absolute atomic E-state index is 4.50. The number of nitrogens with zero attached hydrogens (tertiary/aromatic N) is 3. The summed E-state index contributed by atoms with van der Waals surface area (Å²) in [6, 6.07) is 0. The zero-order chi connectivity index (χ0) is 11.1. The Morgan fingerprint density at radius 3 is 1.79 bits per heavy atom. The van der Waals surface area contributed by atoms with Crippen LogP contribution in [0.15, 0.2) is 0 Å². The van der Waals surface area contributed by atoms with Gasteiger partial charge in [-0.05, 0) is 27.7 Å². The Kier molecular flexibility index (Phi) is 2.46. The summed E-state index contributed by atoms with van der Waals surface area (Å²) in [7, 11) is 0. The first-order chi connectivity index (χ1) is 6.12. The van der Waals surface area contributed by atoms with E-state index in [1.807, 2.05) is 11.6 Å². The maximum atomic E-state index is 4.50. The maximum Gasteiger partial charge on any atom is 0.147 e. The van der Waals surface area contributed by atoms with Gasteiger partial charge in [-0.1, -0.05) is 20.8 Å². The molecule has 0 fully saturated rings. The van der Waals surface area contributed by atoms with E-state index in [0.29, 0.717) is 0 Å². The molecule has 0 saturated carbocycles. The number of rotatable bonds is 0. The van der Waals surface area contributed by atoms with Gasteiger partial charge in [-0.3, -0.25) is 0 Å². The topological polar surface area (TPSA) is 30.7 Å². The third-order valence-electron chi connectivity index (χ3n) is 2.02. The average molecular weight is 195 g/mol. The van der Waals surface area contributed by atoms with Gasteiger partial charge in [-0.2, -0.15) is 5.10 Å². The lowest BCUT2D eigenvalue weighted by Crippen LogP contribution is -2.30. The molecule has 1 heterocycles. The van der Waals surface area contributed by atoms with Gasteiger partial charge in [0.1, 0.15) is 11.6 Å². The van der Waals surface area contributed by atoms with Crippen LogP contribution >= 0.6 is 0 Å². The first-order valence-electron chi connectivity index (χ1n) is 5.07. The summed E-state index contributed by atoms with van der Waals surface area (Å²) in [5.74, 6) is 1.91. The highest BCUT2D eigenvalue weighted by Crippen LogP contribution is 2.25. The normalized spacial score (nSPS) is 13.4. The second-order valence-corrected chi connectivity index (χ2v) is 5.82. The van der Waals surface area contributed by atoms with Crippen LogP contribution in [0.3, 0.4) is 0 Å². The van der Waals surface area contributed by atoms with E-state index in [0.717, 1.165) is 11.6 Å². The molecule has 3 nitrogen and oxygen atoms in total. The third kappa shape index (κ3) is 2.14. The van der Waals surface area contributed by atoms with Crippen LogP contribution in [0.2, 0.25) is 0 Å². The molecule has 0 aromatic carbocycles. The predicted octanol–water partition coefficient (Wildman–Crippen LogP) is 2.64. The van der Waals surface area contributed by atoms with Crippen LogP contribution < -0.4 is 0 Å². The fourth-order valence-corrected chi connectivity index (χ4v) is 1.37. The molecule has 1 rings (SSSR count). The minimum Gasteiger partial charge on any atom is -0.244 e. The lowest BCUT2D eigenvalue weighted by molar-refractivity contribution is 0.317. The molecule has 1 aromatic heterocycles. The Bertz CT molecular complexity index is 292. The molecule has 0 amide bonds. The molecule has 0 atom stereocenters. The quantitative estimate of drug-likeness (QED) is 0.637. The van der Waals surface area contributed by atoms with Crippen LogP contribution in [-0.2, 0) is 11.0 Å². The lowest BCUT2D eigenvalue weighted by atomic mass is 9.94. The van der Waals surface area contributed by atoms with Crippen LogP contribution in [0.4, 0.5) is 0 Å². The van der Waals surface area contributed by atoms with Crippen molar-refractivity contribution in [3.05, 3.63) is 11.6 Å². The Labute approximate surface area is 86.5 Å². The molecular weight excluding hydrogens is 174 g/mol. The fraction of sp³-hybridized carbons (Fsp3) is 0.818. The van der Waals surface area contributed by atoms with Crippen molar-refractivity contribution in [1.82, 2.24) is 14.8 Å². The van der Waals surface area contributed by atoms with Gasteiger partial charge in [0.15, 0.2) is 0 Å². The molecule has 0 bridgehead atoms. The first-order valence-corrected chi connectivity index (χ1v) is 5.07. The van der Waals surface area contributed by atoms with Crippen molar-refractivity contribution >= 4 is 0 Å². The zero-order valence-electron chi connectivity index (χ0n) is 10.3. The molecule has 0 aliphatic heterocycles. The predicted molar refractivity (Wildman–Crippen MR) is 58.5 cm³/mol. The van der Waals surface area contributed by atoms with E-state index in [1.165, 1.54) is 0 Å².